The molecular formula is C19H18ClNO3. The van der Waals surface area contributed by atoms with Gasteiger partial charge in [0.2, 0.25) is 5.91 Å². The molecule has 1 heterocycles. The first kappa shape index (κ1) is 16.5. The minimum atomic E-state index is -0.428. The van der Waals surface area contributed by atoms with Crippen molar-refractivity contribution in [3.8, 4) is 0 Å². The molecule has 2 aromatic carbocycles. The van der Waals surface area contributed by atoms with Gasteiger partial charge in [0.25, 0.3) is 0 Å². The minimum Gasteiger partial charge on any atom is -0.456 e. The highest BCUT2D eigenvalue weighted by Crippen LogP contribution is 2.27. The Labute approximate surface area is 146 Å². The van der Waals surface area contributed by atoms with Crippen molar-refractivity contribution in [1.82, 2.24) is 0 Å². The number of para-hydroxylation sites is 1. The normalized spacial score (nSPS) is 14.9. The van der Waals surface area contributed by atoms with Crippen LogP contribution in [0.15, 0.2) is 48.5 Å². The number of halogens is 1. The third kappa shape index (κ3) is 3.60. The number of aryl methyl sites for hydroxylation is 1. The highest BCUT2D eigenvalue weighted by molar-refractivity contribution is 6.30. The lowest BCUT2D eigenvalue weighted by atomic mass is 10.0. The fraction of sp³-hybridized carbons (Fsp3) is 0.263. The number of amides is 1. The van der Waals surface area contributed by atoms with Crippen LogP contribution < -0.4 is 4.90 Å². The van der Waals surface area contributed by atoms with Crippen LogP contribution in [0.3, 0.4) is 0 Å². The number of rotatable bonds is 4. The molecule has 0 radical (unpaired) electrons. The molecule has 4 nitrogen and oxygen atoms in total. The van der Waals surface area contributed by atoms with Gasteiger partial charge in [0.1, 0.15) is 12.6 Å². The predicted octanol–water partition coefficient (Wildman–Crippen LogP) is 3.92. The molecule has 0 saturated heterocycles. The van der Waals surface area contributed by atoms with E-state index in [0.717, 1.165) is 16.8 Å². The van der Waals surface area contributed by atoms with Gasteiger partial charge in [0.05, 0.1) is 0 Å². The summed E-state index contributed by atoms with van der Waals surface area (Å²) in [6.07, 6.45) is 0.726. The van der Waals surface area contributed by atoms with Gasteiger partial charge in [-0.15, -0.1) is 0 Å². The van der Waals surface area contributed by atoms with Crippen molar-refractivity contribution >= 4 is 29.2 Å². The second kappa shape index (κ2) is 7.05. The Hall–Kier alpha value is -2.33. The first-order valence-corrected chi connectivity index (χ1v) is 8.25. The summed E-state index contributed by atoms with van der Waals surface area (Å²) in [6, 6.07) is 14.8. The van der Waals surface area contributed by atoms with Gasteiger partial charge in [-0.1, -0.05) is 41.9 Å². The van der Waals surface area contributed by atoms with E-state index in [0.29, 0.717) is 17.9 Å². The summed E-state index contributed by atoms with van der Waals surface area (Å²) in [7, 11) is 0. The van der Waals surface area contributed by atoms with Gasteiger partial charge in [-0.05, 0) is 42.7 Å². The molecule has 0 spiro atoms. The fourth-order valence-electron chi connectivity index (χ4n) is 2.84. The van der Waals surface area contributed by atoms with E-state index in [-0.39, 0.29) is 12.5 Å². The first-order chi connectivity index (χ1) is 11.5. The maximum absolute atomic E-state index is 12.3. The smallest absolute Gasteiger partial charge is 0.326 e. The number of hydrogen-bond donors (Lipinski definition) is 0. The minimum absolute atomic E-state index is 0.0511. The lowest BCUT2D eigenvalue weighted by Gasteiger charge is -2.29. The number of esters is 1. The van der Waals surface area contributed by atoms with Crippen LogP contribution in [0.5, 0.6) is 0 Å². The highest BCUT2D eigenvalue weighted by atomic mass is 35.5. The molecule has 5 heteroatoms. The Morgan fingerprint density at radius 3 is 2.62 bits per heavy atom. The molecule has 0 saturated carbocycles. The monoisotopic (exact) mass is 343 g/mol. The number of ether oxygens (including phenoxy) is 1. The van der Waals surface area contributed by atoms with Crippen LogP contribution in [0.2, 0.25) is 5.02 Å². The molecule has 1 aliphatic rings. The molecule has 0 aliphatic carbocycles. The molecule has 1 amide bonds. The van der Waals surface area contributed by atoms with E-state index in [1.165, 1.54) is 4.90 Å². The Kier molecular flexibility index (Phi) is 4.86. The van der Waals surface area contributed by atoms with Crippen LogP contribution in [-0.2, 0) is 20.7 Å². The zero-order chi connectivity index (χ0) is 17.1. The largest absolute Gasteiger partial charge is 0.456 e. The van der Waals surface area contributed by atoms with Crippen molar-refractivity contribution in [3.63, 3.8) is 0 Å². The van der Waals surface area contributed by atoms with Crippen molar-refractivity contribution in [1.29, 1.82) is 0 Å². The Morgan fingerprint density at radius 1 is 1.17 bits per heavy atom. The Bertz CT molecular complexity index is 757. The SMILES string of the molecule is CC(OC(=O)CN1C(=O)CCc2ccccc21)c1ccc(Cl)cc1. The summed E-state index contributed by atoms with van der Waals surface area (Å²) in [5.74, 6) is -0.479. The van der Waals surface area contributed by atoms with Crippen molar-refractivity contribution in [2.75, 3.05) is 11.4 Å². The van der Waals surface area contributed by atoms with Crippen LogP contribution in [-0.4, -0.2) is 18.4 Å². The summed E-state index contributed by atoms with van der Waals surface area (Å²) in [6.45, 7) is 1.72. The number of anilines is 1. The molecule has 0 fully saturated rings. The second-order valence-corrected chi connectivity index (χ2v) is 6.23. The predicted molar refractivity (Wildman–Crippen MR) is 93.1 cm³/mol. The number of benzene rings is 2. The molecule has 124 valence electrons. The summed E-state index contributed by atoms with van der Waals surface area (Å²) in [5, 5.41) is 0.632. The molecule has 0 bridgehead atoms. The quantitative estimate of drug-likeness (QED) is 0.790. The van der Waals surface area contributed by atoms with Gasteiger partial charge in [-0.25, -0.2) is 0 Å². The molecule has 0 aromatic heterocycles. The van der Waals surface area contributed by atoms with Crippen molar-refractivity contribution < 1.29 is 14.3 Å². The van der Waals surface area contributed by atoms with Crippen LogP contribution in [0.4, 0.5) is 5.69 Å². The summed E-state index contributed by atoms with van der Waals surface area (Å²) in [4.78, 5) is 26.0. The fourth-order valence-corrected chi connectivity index (χ4v) is 2.96. The molecule has 3 rings (SSSR count). The first-order valence-electron chi connectivity index (χ1n) is 7.88. The second-order valence-electron chi connectivity index (χ2n) is 5.79. The van der Waals surface area contributed by atoms with Gasteiger partial charge in [-0.3, -0.25) is 9.59 Å². The number of fused-ring (bicyclic) bond motifs is 1. The third-order valence-corrected chi connectivity index (χ3v) is 4.38. The zero-order valence-corrected chi connectivity index (χ0v) is 14.1. The molecule has 2 aromatic rings. The standard InChI is InChI=1S/C19H18ClNO3/c1-13(14-6-9-16(20)10-7-14)24-19(23)12-21-17-5-3-2-4-15(17)8-11-18(21)22/h2-7,9-10,13H,8,11-12H2,1H3. The van der Waals surface area contributed by atoms with Crippen LogP contribution in [0.1, 0.15) is 30.6 Å². The van der Waals surface area contributed by atoms with E-state index in [9.17, 15) is 9.59 Å². The summed E-state index contributed by atoms with van der Waals surface area (Å²) < 4.78 is 5.47. The van der Waals surface area contributed by atoms with Crippen molar-refractivity contribution in [2.24, 2.45) is 0 Å². The molecule has 1 aliphatic heterocycles. The average molecular weight is 344 g/mol. The van der Waals surface area contributed by atoms with Crippen LogP contribution >= 0.6 is 11.6 Å². The molecule has 1 unspecified atom stereocenters. The van der Waals surface area contributed by atoms with E-state index in [2.05, 4.69) is 0 Å². The highest BCUT2D eigenvalue weighted by Gasteiger charge is 2.26. The summed E-state index contributed by atoms with van der Waals surface area (Å²) >= 11 is 5.86. The summed E-state index contributed by atoms with van der Waals surface area (Å²) in [5.41, 5.74) is 2.73. The van der Waals surface area contributed by atoms with Gasteiger partial charge in [0.15, 0.2) is 0 Å². The van der Waals surface area contributed by atoms with E-state index >= 15 is 0 Å². The molecule has 0 N–H and O–H groups in total. The molecule has 1 atom stereocenters. The van der Waals surface area contributed by atoms with Gasteiger partial charge in [0, 0.05) is 17.1 Å². The maximum atomic E-state index is 12.3. The Balaban J connectivity index is 1.68. The van der Waals surface area contributed by atoms with Crippen LogP contribution in [0, 0.1) is 0 Å². The van der Waals surface area contributed by atoms with Gasteiger partial charge < -0.3 is 9.64 Å². The van der Waals surface area contributed by atoms with E-state index in [1.807, 2.05) is 36.4 Å². The average Bonchev–Trinajstić information content (AvgIpc) is 2.58. The topological polar surface area (TPSA) is 46.6 Å². The lowest BCUT2D eigenvalue weighted by Crippen LogP contribution is -2.39. The van der Waals surface area contributed by atoms with Crippen LogP contribution in [0.25, 0.3) is 0 Å². The van der Waals surface area contributed by atoms with Crippen molar-refractivity contribution in [3.05, 3.63) is 64.7 Å². The van der Waals surface area contributed by atoms with Gasteiger partial charge in [-0.2, -0.15) is 0 Å². The van der Waals surface area contributed by atoms with E-state index < -0.39 is 12.1 Å². The van der Waals surface area contributed by atoms with Gasteiger partial charge >= 0.3 is 5.97 Å². The lowest BCUT2D eigenvalue weighted by molar-refractivity contribution is -0.147. The molecule has 24 heavy (non-hydrogen) atoms. The number of hydrogen-bond acceptors (Lipinski definition) is 3. The molecular weight excluding hydrogens is 326 g/mol. The van der Waals surface area contributed by atoms with E-state index in [1.54, 1.807) is 19.1 Å². The third-order valence-electron chi connectivity index (χ3n) is 4.13. The van der Waals surface area contributed by atoms with E-state index in [4.69, 9.17) is 16.3 Å². The number of nitrogens with zero attached hydrogens (tertiary/aromatic N) is 1. The zero-order valence-electron chi connectivity index (χ0n) is 13.4. The number of carbonyl (C=O) groups excluding carboxylic acids is 2. The van der Waals surface area contributed by atoms with Crippen molar-refractivity contribution in [2.45, 2.75) is 25.9 Å². The Morgan fingerprint density at radius 2 is 1.88 bits per heavy atom. The maximum Gasteiger partial charge on any atom is 0.326 e. The number of carbonyl (C=O) groups is 2.